The number of rotatable bonds is 7. The molecule has 0 fully saturated rings. The van der Waals surface area contributed by atoms with E-state index in [2.05, 4.69) is 16.7 Å². The molecule has 164 valence electrons. The van der Waals surface area contributed by atoms with Gasteiger partial charge in [0.05, 0.1) is 16.7 Å². The summed E-state index contributed by atoms with van der Waals surface area (Å²) in [4.78, 5) is 14.7. The largest absolute Gasteiger partial charge is 0.326 e. The highest BCUT2D eigenvalue weighted by Crippen LogP contribution is 2.25. The van der Waals surface area contributed by atoms with Gasteiger partial charge in [-0.15, -0.1) is 0 Å². The molecule has 0 unspecified atom stereocenters. The standard InChI is InChI=1S/C25H24ClFN4O/c1-17(2)29-12-13-31(25(32)30-21-8-11-24(27)23(26)15-21)22-9-6-19(7-10-22)20-5-3-4-18(14-20)16-28/h3-11,14-15,17,29H,12-13H2,1-2H3,(H,30,32). The van der Waals surface area contributed by atoms with Gasteiger partial charge in [-0.05, 0) is 53.6 Å². The third-order valence-electron chi connectivity index (χ3n) is 4.81. The number of hydrogen-bond donors (Lipinski definition) is 2. The van der Waals surface area contributed by atoms with E-state index in [-0.39, 0.29) is 17.1 Å². The molecule has 5 nitrogen and oxygen atoms in total. The summed E-state index contributed by atoms with van der Waals surface area (Å²) >= 11 is 5.84. The van der Waals surface area contributed by atoms with Gasteiger partial charge in [0.2, 0.25) is 0 Å². The Kier molecular flexibility index (Phi) is 7.82. The van der Waals surface area contributed by atoms with Crippen LogP contribution in [0.2, 0.25) is 5.02 Å². The van der Waals surface area contributed by atoms with Gasteiger partial charge in [0.1, 0.15) is 5.82 Å². The predicted molar refractivity (Wildman–Crippen MR) is 128 cm³/mol. The zero-order valence-corrected chi connectivity index (χ0v) is 18.7. The van der Waals surface area contributed by atoms with Gasteiger partial charge < -0.3 is 10.6 Å². The van der Waals surface area contributed by atoms with Crippen molar-refractivity contribution in [1.82, 2.24) is 5.32 Å². The van der Waals surface area contributed by atoms with E-state index in [0.29, 0.717) is 30.0 Å². The molecule has 32 heavy (non-hydrogen) atoms. The van der Waals surface area contributed by atoms with E-state index in [0.717, 1.165) is 11.1 Å². The molecule has 0 saturated carbocycles. The maximum absolute atomic E-state index is 13.4. The van der Waals surface area contributed by atoms with E-state index in [1.54, 1.807) is 11.0 Å². The number of benzene rings is 3. The highest BCUT2D eigenvalue weighted by Gasteiger charge is 2.17. The molecule has 0 aliphatic heterocycles. The molecule has 0 aromatic heterocycles. The Hall–Kier alpha value is -3.40. The van der Waals surface area contributed by atoms with Crippen LogP contribution in [-0.2, 0) is 0 Å². The predicted octanol–water partition coefficient (Wildman–Crippen LogP) is 6.05. The number of hydrogen-bond acceptors (Lipinski definition) is 3. The molecule has 0 spiro atoms. The first-order chi connectivity index (χ1) is 15.4. The molecule has 0 atom stereocenters. The van der Waals surface area contributed by atoms with Crippen molar-refractivity contribution in [1.29, 1.82) is 5.26 Å². The number of anilines is 2. The third-order valence-corrected chi connectivity index (χ3v) is 5.10. The monoisotopic (exact) mass is 450 g/mol. The molecule has 0 heterocycles. The number of urea groups is 1. The average Bonchev–Trinajstić information content (AvgIpc) is 2.79. The molecular formula is C25H24ClFN4O. The normalized spacial score (nSPS) is 10.6. The molecule has 3 aromatic carbocycles. The highest BCUT2D eigenvalue weighted by molar-refractivity contribution is 6.31. The van der Waals surface area contributed by atoms with E-state index in [1.165, 1.54) is 18.2 Å². The van der Waals surface area contributed by atoms with Crippen molar-refractivity contribution >= 4 is 29.0 Å². The molecule has 0 bridgehead atoms. The van der Waals surface area contributed by atoms with Gasteiger partial charge in [-0.1, -0.05) is 49.7 Å². The lowest BCUT2D eigenvalue weighted by Crippen LogP contribution is -2.41. The van der Waals surface area contributed by atoms with Crippen LogP contribution in [0.5, 0.6) is 0 Å². The second-order valence-electron chi connectivity index (χ2n) is 7.56. The summed E-state index contributed by atoms with van der Waals surface area (Å²) in [6.45, 7) is 5.10. The number of carbonyl (C=O) groups is 1. The SMILES string of the molecule is CC(C)NCCN(C(=O)Nc1ccc(F)c(Cl)c1)c1ccc(-c2cccc(C#N)c2)cc1. The minimum absolute atomic E-state index is 0.0558. The fourth-order valence-electron chi connectivity index (χ4n) is 3.18. The van der Waals surface area contributed by atoms with E-state index in [4.69, 9.17) is 16.9 Å². The first-order valence-electron chi connectivity index (χ1n) is 10.2. The minimum atomic E-state index is -0.543. The Bertz CT molecular complexity index is 1130. The molecule has 2 N–H and O–H groups in total. The fraction of sp³-hybridized carbons (Fsp3) is 0.200. The van der Waals surface area contributed by atoms with Gasteiger partial charge in [-0.3, -0.25) is 4.90 Å². The topological polar surface area (TPSA) is 68.2 Å². The van der Waals surface area contributed by atoms with Crippen LogP contribution in [0.3, 0.4) is 0 Å². The summed E-state index contributed by atoms with van der Waals surface area (Å²) in [7, 11) is 0. The van der Waals surface area contributed by atoms with E-state index < -0.39 is 5.82 Å². The molecule has 0 saturated heterocycles. The lowest BCUT2D eigenvalue weighted by Gasteiger charge is -2.24. The maximum Gasteiger partial charge on any atom is 0.326 e. The molecule has 7 heteroatoms. The van der Waals surface area contributed by atoms with Gasteiger partial charge in [0.15, 0.2) is 0 Å². The Morgan fingerprint density at radius 3 is 2.50 bits per heavy atom. The number of halogens is 2. The van der Waals surface area contributed by atoms with Crippen molar-refractivity contribution in [2.24, 2.45) is 0 Å². The lowest BCUT2D eigenvalue weighted by molar-refractivity contribution is 0.257. The molecule has 3 rings (SSSR count). The maximum atomic E-state index is 13.4. The second-order valence-corrected chi connectivity index (χ2v) is 7.97. The van der Waals surface area contributed by atoms with Crippen molar-refractivity contribution < 1.29 is 9.18 Å². The molecule has 0 aliphatic carbocycles. The number of amides is 2. The summed E-state index contributed by atoms with van der Waals surface area (Å²) in [5, 5.41) is 15.2. The van der Waals surface area contributed by atoms with Crippen LogP contribution in [0.25, 0.3) is 11.1 Å². The first kappa shape index (κ1) is 23.3. The van der Waals surface area contributed by atoms with Crippen molar-refractivity contribution in [3.05, 3.63) is 83.1 Å². The molecular weight excluding hydrogens is 427 g/mol. The van der Waals surface area contributed by atoms with Gasteiger partial charge in [0.25, 0.3) is 0 Å². The van der Waals surface area contributed by atoms with Crippen molar-refractivity contribution in [3.63, 3.8) is 0 Å². The van der Waals surface area contributed by atoms with Crippen LogP contribution in [0, 0.1) is 17.1 Å². The van der Waals surface area contributed by atoms with Crippen molar-refractivity contribution in [2.75, 3.05) is 23.3 Å². The zero-order valence-electron chi connectivity index (χ0n) is 17.9. The van der Waals surface area contributed by atoms with Crippen molar-refractivity contribution in [3.8, 4) is 17.2 Å². The Morgan fingerprint density at radius 2 is 1.84 bits per heavy atom. The van der Waals surface area contributed by atoms with Crippen LogP contribution in [0.15, 0.2) is 66.7 Å². The third kappa shape index (κ3) is 6.07. The van der Waals surface area contributed by atoms with Gasteiger partial charge in [0, 0.05) is 30.5 Å². The van der Waals surface area contributed by atoms with Crippen molar-refractivity contribution in [2.45, 2.75) is 19.9 Å². The van der Waals surface area contributed by atoms with E-state index in [1.807, 2.05) is 56.3 Å². The first-order valence-corrected chi connectivity index (χ1v) is 10.6. The second kappa shape index (κ2) is 10.8. The minimum Gasteiger partial charge on any atom is -0.313 e. The Morgan fingerprint density at radius 1 is 1.09 bits per heavy atom. The summed E-state index contributed by atoms with van der Waals surface area (Å²) in [5.74, 6) is -0.543. The van der Waals surface area contributed by atoms with Crippen LogP contribution in [0.4, 0.5) is 20.6 Å². The number of nitriles is 1. The van der Waals surface area contributed by atoms with E-state index >= 15 is 0 Å². The smallest absolute Gasteiger partial charge is 0.313 e. The molecule has 0 radical (unpaired) electrons. The van der Waals surface area contributed by atoms with Gasteiger partial charge in [-0.2, -0.15) is 5.26 Å². The Balaban J connectivity index is 1.82. The summed E-state index contributed by atoms with van der Waals surface area (Å²) in [6, 6.07) is 21.0. The van der Waals surface area contributed by atoms with Crippen LogP contribution >= 0.6 is 11.6 Å². The summed E-state index contributed by atoms with van der Waals surface area (Å²) in [6.07, 6.45) is 0. The molecule has 0 aliphatic rings. The van der Waals surface area contributed by atoms with Crippen LogP contribution < -0.4 is 15.5 Å². The quantitative estimate of drug-likeness (QED) is 0.460. The van der Waals surface area contributed by atoms with Gasteiger partial charge in [-0.25, -0.2) is 9.18 Å². The van der Waals surface area contributed by atoms with Crippen LogP contribution in [0.1, 0.15) is 19.4 Å². The highest BCUT2D eigenvalue weighted by atomic mass is 35.5. The fourth-order valence-corrected chi connectivity index (χ4v) is 3.36. The Labute approximate surface area is 192 Å². The summed E-state index contributed by atoms with van der Waals surface area (Å²) in [5.41, 5.74) is 3.57. The molecule has 2 amide bonds. The van der Waals surface area contributed by atoms with E-state index in [9.17, 15) is 9.18 Å². The molecule has 3 aromatic rings. The number of nitrogens with one attached hydrogen (secondary N) is 2. The number of nitrogens with zero attached hydrogens (tertiary/aromatic N) is 2. The summed E-state index contributed by atoms with van der Waals surface area (Å²) < 4.78 is 13.4. The lowest BCUT2D eigenvalue weighted by atomic mass is 10.0. The zero-order chi connectivity index (χ0) is 23.1. The van der Waals surface area contributed by atoms with Gasteiger partial charge >= 0.3 is 6.03 Å². The average molecular weight is 451 g/mol. The number of carbonyl (C=O) groups excluding carboxylic acids is 1. The van der Waals surface area contributed by atoms with Crippen LogP contribution in [-0.4, -0.2) is 25.2 Å².